The van der Waals surface area contributed by atoms with E-state index in [-0.39, 0.29) is 17.6 Å². The summed E-state index contributed by atoms with van der Waals surface area (Å²) in [5, 5.41) is 12.2. The molecule has 88 valence electrons. The summed E-state index contributed by atoms with van der Waals surface area (Å²) in [4.78, 5) is 11.7. The number of nitrogens with two attached hydrogens (primary N) is 1. The fourth-order valence-electron chi connectivity index (χ4n) is 1.44. The Balaban J connectivity index is 2.80. The van der Waals surface area contributed by atoms with Crippen LogP contribution in [-0.2, 0) is 4.79 Å². The van der Waals surface area contributed by atoms with E-state index in [2.05, 4.69) is 5.32 Å². The van der Waals surface area contributed by atoms with Gasteiger partial charge in [-0.05, 0) is 31.0 Å². The van der Waals surface area contributed by atoms with Crippen molar-refractivity contribution in [1.29, 1.82) is 0 Å². The van der Waals surface area contributed by atoms with Crippen LogP contribution in [0.4, 0.5) is 5.69 Å². The largest absolute Gasteiger partial charge is 0.506 e. The Bertz CT molecular complexity index is 373. The third-order valence-electron chi connectivity index (χ3n) is 2.56. The maximum Gasteiger partial charge on any atom is 0.228 e. The van der Waals surface area contributed by atoms with E-state index in [9.17, 15) is 9.90 Å². The van der Waals surface area contributed by atoms with Crippen molar-refractivity contribution in [2.45, 2.75) is 20.3 Å². The number of hydrogen-bond acceptors (Lipinski definition) is 3. The molecule has 4 N–H and O–H groups in total. The third-order valence-corrected chi connectivity index (χ3v) is 2.56. The van der Waals surface area contributed by atoms with Gasteiger partial charge in [-0.2, -0.15) is 0 Å². The van der Waals surface area contributed by atoms with Crippen LogP contribution in [0.1, 0.15) is 18.9 Å². The number of carbonyl (C=O) groups is 1. The molecule has 1 unspecified atom stereocenters. The van der Waals surface area contributed by atoms with Gasteiger partial charge in [-0.1, -0.05) is 13.0 Å². The normalized spacial score (nSPS) is 12.2. The summed E-state index contributed by atoms with van der Waals surface area (Å²) in [7, 11) is 0. The number of rotatable bonds is 4. The smallest absolute Gasteiger partial charge is 0.228 e. The summed E-state index contributed by atoms with van der Waals surface area (Å²) in [5.41, 5.74) is 6.90. The van der Waals surface area contributed by atoms with E-state index >= 15 is 0 Å². The second-order valence-electron chi connectivity index (χ2n) is 3.85. The summed E-state index contributed by atoms with van der Waals surface area (Å²) in [6, 6.07) is 5.08. The van der Waals surface area contributed by atoms with Gasteiger partial charge in [0.05, 0.1) is 11.6 Å². The Morgan fingerprint density at radius 1 is 1.56 bits per heavy atom. The number of phenolic OH excluding ortho intramolecular Hbond substituents is 1. The summed E-state index contributed by atoms with van der Waals surface area (Å²) < 4.78 is 0. The van der Waals surface area contributed by atoms with E-state index in [0.29, 0.717) is 18.7 Å². The number of aryl methyl sites for hydroxylation is 1. The SMILES string of the molecule is CCC(CN)C(=O)Nc1cc(C)ccc1O. The molecular formula is C12H18N2O2. The highest BCUT2D eigenvalue weighted by Gasteiger charge is 2.15. The van der Waals surface area contributed by atoms with Crippen LogP contribution in [0.15, 0.2) is 18.2 Å². The molecule has 0 fully saturated rings. The van der Waals surface area contributed by atoms with Crippen LogP contribution in [0, 0.1) is 12.8 Å². The van der Waals surface area contributed by atoms with Gasteiger partial charge in [0.15, 0.2) is 0 Å². The maximum absolute atomic E-state index is 11.7. The van der Waals surface area contributed by atoms with Gasteiger partial charge >= 0.3 is 0 Å². The van der Waals surface area contributed by atoms with Crippen molar-refractivity contribution in [2.75, 3.05) is 11.9 Å². The van der Waals surface area contributed by atoms with Crippen LogP contribution >= 0.6 is 0 Å². The predicted molar refractivity (Wildman–Crippen MR) is 64.3 cm³/mol. The Morgan fingerprint density at radius 2 is 2.25 bits per heavy atom. The molecule has 1 aromatic rings. The van der Waals surface area contributed by atoms with Crippen molar-refractivity contribution in [1.82, 2.24) is 0 Å². The van der Waals surface area contributed by atoms with Crippen molar-refractivity contribution < 1.29 is 9.90 Å². The molecule has 0 radical (unpaired) electrons. The molecule has 0 saturated heterocycles. The molecule has 16 heavy (non-hydrogen) atoms. The second kappa shape index (κ2) is 5.51. The third kappa shape index (κ3) is 2.97. The number of amides is 1. The molecule has 0 aliphatic carbocycles. The van der Waals surface area contributed by atoms with Crippen molar-refractivity contribution >= 4 is 11.6 Å². The molecular weight excluding hydrogens is 204 g/mol. The van der Waals surface area contributed by atoms with E-state index in [1.54, 1.807) is 18.2 Å². The first-order valence-electron chi connectivity index (χ1n) is 5.39. The monoisotopic (exact) mass is 222 g/mol. The Kier molecular flexibility index (Phi) is 4.31. The molecule has 0 aromatic heterocycles. The average molecular weight is 222 g/mol. The van der Waals surface area contributed by atoms with Crippen molar-refractivity contribution in [3.63, 3.8) is 0 Å². The number of anilines is 1. The van der Waals surface area contributed by atoms with E-state index in [1.165, 1.54) is 0 Å². The van der Waals surface area contributed by atoms with Gasteiger partial charge in [-0.25, -0.2) is 0 Å². The zero-order chi connectivity index (χ0) is 12.1. The molecule has 4 heteroatoms. The zero-order valence-corrected chi connectivity index (χ0v) is 9.66. The van der Waals surface area contributed by atoms with Crippen molar-refractivity contribution in [3.8, 4) is 5.75 Å². The number of aromatic hydroxyl groups is 1. The average Bonchev–Trinajstić information content (AvgIpc) is 2.25. The van der Waals surface area contributed by atoms with E-state index in [1.807, 2.05) is 13.8 Å². The van der Waals surface area contributed by atoms with E-state index in [0.717, 1.165) is 5.56 Å². The molecule has 4 nitrogen and oxygen atoms in total. The summed E-state index contributed by atoms with van der Waals surface area (Å²) in [5.74, 6) is -0.281. The van der Waals surface area contributed by atoms with Gasteiger partial charge in [0.1, 0.15) is 5.75 Å². The number of carbonyl (C=O) groups excluding carboxylic acids is 1. The van der Waals surface area contributed by atoms with Gasteiger partial charge in [0.2, 0.25) is 5.91 Å². The molecule has 1 rings (SSSR count). The lowest BCUT2D eigenvalue weighted by atomic mass is 10.1. The predicted octanol–water partition coefficient (Wildman–Crippen LogP) is 1.62. The Morgan fingerprint density at radius 3 is 2.81 bits per heavy atom. The quantitative estimate of drug-likeness (QED) is 0.678. The van der Waals surface area contributed by atoms with Crippen LogP contribution in [-0.4, -0.2) is 17.6 Å². The Labute approximate surface area is 95.5 Å². The first-order chi connectivity index (χ1) is 7.58. The van der Waals surface area contributed by atoms with Crippen LogP contribution in [0.3, 0.4) is 0 Å². The highest BCUT2D eigenvalue weighted by molar-refractivity contribution is 5.94. The topological polar surface area (TPSA) is 75.4 Å². The molecule has 0 bridgehead atoms. The first-order valence-corrected chi connectivity index (χ1v) is 5.39. The molecule has 0 heterocycles. The summed E-state index contributed by atoms with van der Waals surface area (Å²) in [6.45, 7) is 4.12. The van der Waals surface area contributed by atoms with Crippen LogP contribution < -0.4 is 11.1 Å². The standard InChI is InChI=1S/C12H18N2O2/c1-3-9(7-13)12(16)14-10-6-8(2)4-5-11(10)15/h4-6,9,15H,3,7,13H2,1-2H3,(H,14,16). The minimum absolute atomic E-state index is 0.0748. The first kappa shape index (κ1) is 12.5. The highest BCUT2D eigenvalue weighted by atomic mass is 16.3. The molecule has 0 aliphatic rings. The number of nitrogens with one attached hydrogen (secondary N) is 1. The van der Waals surface area contributed by atoms with E-state index in [4.69, 9.17) is 5.73 Å². The molecule has 0 spiro atoms. The van der Waals surface area contributed by atoms with Crippen molar-refractivity contribution in [2.24, 2.45) is 11.7 Å². The molecule has 0 saturated carbocycles. The van der Waals surface area contributed by atoms with Crippen LogP contribution in [0.5, 0.6) is 5.75 Å². The van der Waals surface area contributed by atoms with E-state index < -0.39 is 0 Å². The van der Waals surface area contributed by atoms with Gasteiger partial charge in [-0.15, -0.1) is 0 Å². The summed E-state index contributed by atoms with van der Waals surface area (Å²) in [6.07, 6.45) is 0.689. The summed E-state index contributed by atoms with van der Waals surface area (Å²) >= 11 is 0. The second-order valence-corrected chi connectivity index (χ2v) is 3.85. The molecule has 1 aromatic carbocycles. The number of phenols is 1. The maximum atomic E-state index is 11.7. The lowest BCUT2D eigenvalue weighted by molar-refractivity contribution is -0.119. The number of benzene rings is 1. The molecule has 1 atom stereocenters. The fraction of sp³-hybridized carbons (Fsp3) is 0.417. The fourth-order valence-corrected chi connectivity index (χ4v) is 1.44. The lowest BCUT2D eigenvalue weighted by Gasteiger charge is -2.13. The number of hydrogen-bond donors (Lipinski definition) is 3. The minimum atomic E-state index is -0.208. The van der Waals surface area contributed by atoms with Gasteiger partial charge < -0.3 is 16.2 Å². The minimum Gasteiger partial charge on any atom is -0.506 e. The molecule has 0 aliphatic heterocycles. The molecule has 1 amide bonds. The van der Waals surface area contributed by atoms with Crippen LogP contribution in [0.25, 0.3) is 0 Å². The van der Waals surface area contributed by atoms with Crippen molar-refractivity contribution in [3.05, 3.63) is 23.8 Å². The van der Waals surface area contributed by atoms with Crippen LogP contribution in [0.2, 0.25) is 0 Å². The Hall–Kier alpha value is -1.55. The van der Waals surface area contributed by atoms with Gasteiger partial charge in [0, 0.05) is 6.54 Å². The zero-order valence-electron chi connectivity index (χ0n) is 9.66. The van der Waals surface area contributed by atoms with Gasteiger partial charge in [0.25, 0.3) is 0 Å². The lowest BCUT2D eigenvalue weighted by Crippen LogP contribution is -2.28. The highest BCUT2D eigenvalue weighted by Crippen LogP contribution is 2.24. The van der Waals surface area contributed by atoms with Gasteiger partial charge in [-0.3, -0.25) is 4.79 Å².